The summed E-state index contributed by atoms with van der Waals surface area (Å²) in [4.78, 5) is 8.93. The van der Waals surface area contributed by atoms with Crippen molar-refractivity contribution in [3.63, 3.8) is 0 Å². The van der Waals surface area contributed by atoms with Gasteiger partial charge in [0.05, 0.1) is 18.7 Å². The van der Waals surface area contributed by atoms with Crippen LogP contribution < -0.4 is 14.1 Å². The maximum absolute atomic E-state index is 5.91. The molecule has 1 aromatic heterocycles. The summed E-state index contributed by atoms with van der Waals surface area (Å²) in [6.45, 7) is 3.70. The van der Waals surface area contributed by atoms with Crippen LogP contribution in [0.25, 0.3) is 10.9 Å². The van der Waals surface area contributed by atoms with Crippen LogP contribution in [-0.4, -0.2) is 50.6 Å². The Bertz CT molecular complexity index is 1080. The number of aryl methyl sites for hydroxylation is 1. The molecule has 0 radical (unpaired) electrons. The molecule has 8 heteroatoms. The maximum atomic E-state index is 5.91. The number of benzene rings is 2. The van der Waals surface area contributed by atoms with Crippen molar-refractivity contribution in [2.24, 2.45) is 0 Å². The first kappa shape index (κ1) is 22.8. The fourth-order valence-electron chi connectivity index (χ4n) is 2.98. The second kappa shape index (κ2) is 10.9. The lowest BCUT2D eigenvalue weighted by Gasteiger charge is -2.21. The van der Waals surface area contributed by atoms with Crippen LogP contribution in [0.1, 0.15) is 11.1 Å². The fourth-order valence-corrected chi connectivity index (χ4v) is 3.34. The Morgan fingerprint density at radius 1 is 0.968 bits per heavy atom. The number of methoxy groups -OCH3 is 2. The standard InChI is InChI=1S/C23H26N3O4P/c1-5-17-12-18(7-6-16(17)2)26(31)23-19-13-21(29-10-8-27-3)22(30-11-9-28-4)14-20(19)24-15-25-23/h1,6-7,12-15H,8-11,31H2,2-4H3. The Hall–Kier alpha value is -2.91. The van der Waals surface area contributed by atoms with E-state index in [2.05, 4.69) is 25.3 Å². The van der Waals surface area contributed by atoms with Crippen molar-refractivity contribution >= 4 is 31.8 Å². The lowest BCUT2D eigenvalue weighted by atomic mass is 10.1. The molecule has 3 rings (SSSR count). The van der Waals surface area contributed by atoms with Crippen LogP contribution in [0.2, 0.25) is 0 Å². The van der Waals surface area contributed by atoms with Gasteiger partial charge in [0.1, 0.15) is 25.4 Å². The largest absolute Gasteiger partial charge is 0.487 e. The zero-order valence-corrected chi connectivity index (χ0v) is 19.1. The van der Waals surface area contributed by atoms with Crippen LogP contribution in [0, 0.1) is 19.3 Å². The molecule has 1 heterocycles. The van der Waals surface area contributed by atoms with Crippen LogP contribution in [0.4, 0.5) is 11.5 Å². The van der Waals surface area contributed by atoms with E-state index in [0.29, 0.717) is 43.7 Å². The van der Waals surface area contributed by atoms with E-state index >= 15 is 0 Å². The average molecular weight is 439 g/mol. The number of hydrogen-bond donors (Lipinski definition) is 0. The van der Waals surface area contributed by atoms with Gasteiger partial charge in [0, 0.05) is 36.9 Å². The van der Waals surface area contributed by atoms with Crippen LogP contribution in [0.15, 0.2) is 36.7 Å². The Morgan fingerprint density at radius 3 is 2.29 bits per heavy atom. The minimum atomic E-state index is 0.389. The lowest BCUT2D eigenvalue weighted by molar-refractivity contribution is 0.132. The third kappa shape index (κ3) is 5.42. The summed E-state index contributed by atoms with van der Waals surface area (Å²) in [5.74, 6) is 4.59. The lowest BCUT2D eigenvalue weighted by Crippen LogP contribution is -2.09. The van der Waals surface area contributed by atoms with Gasteiger partial charge >= 0.3 is 0 Å². The molecule has 2 aromatic carbocycles. The van der Waals surface area contributed by atoms with Crippen molar-refractivity contribution in [1.82, 2.24) is 9.97 Å². The molecule has 0 saturated carbocycles. The zero-order chi connectivity index (χ0) is 22.2. The van der Waals surface area contributed by atoms with Crippen molar-refractivity contribution < 1.29 is 18.9 Å². The van der Waals surface area contributed by atoms with Gasteiger partial charge in [0.2, 0.25) is 0 Å². The molecule has 0 bridgehead atoms. The molecule has 0 aliphatic rings. The minimum absolute atomic E-state index is 0.389. The Balaban J connectivity index is 2.03. The summed E-state index contributed by atoms with van der Waals surface area (Å²) >= 11 is 0. The predicted octanol–water partition coefficient (Wildman–Crippen LogP) is 3.90. The first-order chi connectivity index (χ1) is 15.1. The molecule has 0 aliphatic heterocycles. The number of terminal acetylenes is 1. The van der Waals surface area contributed by atoms with Crippen molar-refractivity contribution in [2.75, 3.05) is 45.3 Å². The quantitative estimate of drug-likeness (QED) is 0.270. The van der Waals surface area contributed by atoms with Crippen molar-refractivity contribution in [3.8, 4) is 23.8 Å². The monoisotopic (exact) mass is 439 g/mol. The summed E-state index contributed by atoms with van der Waals surface area (Å²) in [5, 5.41) is 0.812. The number of hydrogen-bond acceptors (Lipinski definition) is 7. The molecular weight excluding hydrogens is 413 g/mol. The van der Waals surface area contributed by atoms with Crippen molar-refractivity contribution in [3.05, 3.63) is 47.8 Å². The van der Waals surface area contributed by atoms with Gasteiger partial charge in [-0.15, -0.1) is 6.42 Å². The van der Waals surface area contributed by atoms with E-state index in [9.17, 15) is 0 Å². The number of fused-ring (bicyclic) bond motifs is 1. The fraction of sp³-hybridized carbons (Fsp3) is 0.304. The zero-order valence-electron chi connectivity index (χ0n) is 17.9. The van der Waals surface area contributed by atoms with Crippen LogP contribution in [0.5, 0.6) is 11.5 Å². The van der Waals surface area contributed by atoms with Gasteiger partial charge in [-0.1, -0.05) is 12.0 Å². The molecule has 3 aromatic rings. The summed E-state index contributed by atoms with van der Waals surface area (Å²) < 4.78 is 23.8. The molecule has 0 amide bonds. The third-order valence-electron chi connectivity index (χ3n) is 4.65. The number of aromatic nitrogens is 2. The second-order valence-corrected chi connectivity index (χ2v) is 7.23. The van der Waals surface area contributed by atoms with Crippen molar-refractivity contribution in [1.29, 1.82) is 0 Å². The van der Waals surface area contributed by atoms with Gasteiger partial charge in [-0.2, -0.15) is 0 Å². The third-order valence-corrected chi connectivity index (χ3v) is 5.20. The summed E-state index contributed by atoms with van der Waals surface area (Å²) in [7, 11) is 5.95. The highest BCUT2D eigenvalue weighted by molar-refractivity contribution is 7.20. The molecular formula is C23H26N3O4P. The van der Waals surface area contributed by atoms with Gasteiger partial charge in [-0.25, -0.2) is 9.97 Å². The van der Waals surface area contributed by atoms with Gasteiger partial charge in [0.25, 0.3) is 0 Å². The van der Waals surface area contributed by atoms with E-state index in [-0.39, 0.29) is 0 Å². The molecule has 7 nitrogen and oxygen atoms in total. The van der Waals surface area contributed by atoms with E-state index in [1.807, 2.05) is 41.9 Å². The molecule has 0 spiro atoms. The van der Waals surface area contributed by atoms with Gasteiger partial charge in [-0.05, 0) is 40.1 Å². The number of ether oxygens (including phenoxy) is 4. The molecule has 0 fully saturated rings. The van der Waals surface area contributed by atoms with E-state index in [0.717, 1.165) is 27.7 Å². The maximum Gasteiger partial charge on any atom is 0.163 e. The SMILES string of the molecule is C#Cc1cc(N(P)c2ncnc3cc(OCCOC)c(OCCOC)cc23)ccc1C. The summed E-state index contributed by atoms with van der Waals surface area (Å²) in [6.07, 6.45) is 7.17. The van der Waals surface area contributed by atoms with Crippen molar-refractivity contribution in [2.45, 2.75) is 6.92 Å². The second-order valence-electron chi connectivity index (χ2n) is 6.71. The van der Waals surface area contributed by atoms with E-state index in [4.69, 9.17) is 25.4 Å². The Kier molecular flexibility index (Phi) is 8.02. The van der Waals surface area contributed by atoms with Gasteiger partial charge in [-0.3, -0.25) is 0 Å². The Morgan fingerprint density at radius 2 is 1.65 bits per heavy atom. The smallest absolute Gasteiger partial charge is 0.163 e. The topological polar surface area (TPSA) is 65.9 Å². The number of nitrogens with zero attached hydrogens (tertiary/aromatic N) is 3. The van der Waals surface area contributed by atoms with Gasteiger partial charge < -0.3 is 23.6 Å². The first-order valence-electron chi connectivity index (χ1n) is 9.73. The average Bonchev–Trinajstić information content (AvgIpc) is 2.79. The normalized spacial score (nSPS) is 10.7. The van der Waals surface area contributed by atoms with Gasteiger partial charge in [0.15, 0.2) is 11.5 Å². The van der Waals surface area contributed by atoms with E-state index in [1.54, 1.807) is 14.2 Å². The number of anilines is 2. The van der Waals surface area contributed by atoms with Crippen LogP contribution in [-0.2, 0) is 9.47 Å². The molecule has 31 heavy (non-hydrogen) atoms. The van der Waals surface area contributed by atoms with Crippen LogP contribution >= 0.6 is 9.39 Å². The predicted molar refractivity (Wildman–Crippen MR) is 125 cm³/mol. The molecule has 0 aliphatic carbocycles. The Labute approximate surface area is 184 Å². The molecule has 1 unspecified atom stereocenters. The molecule has 0 saturated heterocycles. The minimum Gasteiger partial charge on any atom is -0.487 e. The van der Waals surface area contributed by atoms with Crippen LogP contribution in [0.3, 0.4) is 0 Å². The molecule has 0 N–H and O–H groups in total. The summed E-state index contributed by atoms with van der Waals surface area (Å²) in [5.41, 5.74) is 3.50. The van der Waals surface area contributed by atoms with E-state index in [1.165, 1.54) is 6.33 Å². The highest BCUT2D eigenvalue weighted by atomic mass is 31.0. The van der Waals surface area contributed by atoms with E-state index < -0.39 is 0 Å². The molecule has 1 atom stereocenters. The molecule has 162 valence electrons. The highest BCUT2D eigenvalue weighted by Gasteiger charge is 2.16. The first-order valence-corrected chi connectivity index (χ1v) is 10.2. The summed E-state index contributed by atoms with van der Waals surface area (Å²) in [6, 6.07) is 9.67. The number of rotatable bonds is 10. The highest BCUT2D eigenvalue weighted by Crippen LogP contribution is 2.38.